The number of nitrogens with one attached hydrogen (secondary N) is 3. The number of quaternary nitrogens is 1. The maximum absolute atomic E-state index is 12.6. The molecule has 0 aliphatic carbocycles. The summed E-state index contributed by atoms with van der Waals surface area (Å²) in [7, 11) is -10.4. The van der Waals surface area contributed by atoms with Gasteiger partial charge < -0.3 is 101 Å². The summed E-state index contributed by atoms with van der Waals surface area (Å²) in [5, 5.41) is 165. The molecule has 0 saturated carbocycles. The average Bonchev–Trinajstić information content (AvgIpc) is 1.05. The van der Waals surface area contributed by atoms with Gasteiger partial charge in [0.15, 0.2) is 6.23 Å². The molecular formula is C62H78N10O23S5-2. The summed E-state index contributed by atoms with van der Waals surface area (Å²) in [6.45, 7) is 1.84. The van der Waals surface area contributed by atoms with E-state index in [-0.39, 0.29) is 43.2 Å². The van der Waals surface area contributed by atoms with Crippen LogP contribution in [0.4, 0.5) is 45.5 Å². The first-order valence-electron chi connectivity index (χ1n) is 29.8. The zero-order valence-electron chi connectivity index (χ0n) is 53.4. The summed E-state index contributed by atoms with van der Waals surface area (Å²) < 4.78 is 114. The molecule has 12 unspecified atom stereocenters. The zero-order chi connectivity index (χ0) is 73.4. The number of anilines is 3. The molecule has 0 spiro atoms. The molecule has 0 saturated heterocycles. The van der Waals surface area contributed by atoms with Gasteiger partial charge in [0.2, 0.25) is 0 Å². The van der Waals surface area contributed by atoms with Crippen molar-refractivity contribution in [3.63, 3.8) is 0 Å². The van der Waals surface area contributed by atoms with Crippen molar-refractivity contribution >= 4 is 119 Å². The van der Waals surface area contributed by atoms with E-state index in [1.807, 2.05) is 54.7 Å². The van der Waals surface area contributed by atoms with Crippen LogP contribution in [-0.4, -0.2) is 241 Å². The van der Waals surface area contributed by atoms with Crippen molar-refractivity contribution in [2.24, 2.45) is 20.5 Å². The quantitative estimate of drug-likeness (QED) is 0.0133. The van der Waals surface area contributed by atoms with Crippen molar-refractivity contribution in [3.05, 3.63) is 114 Å². The predicted octanol–water partition coefficient (Wildman–Crippen LogP) is 2.84. The number of fused-ring (bicyclic) bond motifs is 2. The van der Waals surface area contributed by atoms with Crippen molar-refractivity contribution in [2.45, 2.75) is 123 Å². The lowest BCUT2D eigenvalue weighted by Gasteiger charge is -2.30. The van der Waals surface area contributed by atoms with Gasteiger partial charge in [0, 0.05) is 35.8 Å². The summed E-state index contributed by atoms with van der Waals surface area (Å²) in [6.07, 6.45) is -23.2. The topological polar surface area (TPSA) is 566 Å². The van der Waals surface area contributed by atoms with Gasteiger partial charge in [-0.15, -0.1) is 32.9 Å². The molecule has 33 nitrogen and oxygen atoms in total. The lowest BCUT2D eigenvalue weighted by molar-refractivity contribution is -0.111. The number of azo groups is 2. The first-order chi connectivity index (χ1) is 46.3. The fourth-order valence-electron chi connectivity index (χ4n) is 9.81. The van der Waals surface area contributed by atoms with Gasteiger partial charge >= 0.3 is 0 Å². The Morgan fingerprint density at radius 1 is 0.520 bits per heavy atom. The number of nitrogens with zero attached hydrogens (tertiary/aromatic N) is 7. The maximum Gasteiger partial charge on any atom is 0.153 e. The second-order valence-electron chi connectivity index (χ2n) is 23.5. The summed E-state index contributed by atoms with van der Waals surface area (Å²) in [5.41, 5.74) is 2.54. The number of hydrogen-bond acceptors (Lipinski definition) is 34. The number of thiazole rings is 2. The van der Waals surface area contributed by atoms with Gasteiger partial charge in [-0.2, -0.15) is 10.2 Å². The fraction of sp³-hybridized carbons (Fsp3) is 0.387. The molecule has 12 atom stereocenters. The summed E-state index contributed by atoms with van der Waals surface area (Å²) in [6, 6.07) is 27.3. The van der Waals surface area contributed by atoms with Gasteiger partial charge in [0.25, 0.3) is 0 Å². The number of aromatic nitrogens is 2. The minimum absolute atomic E-state index is 0. The highest BCUT2D eigenvalue weighted by Gasteiger charge is 2.35. The number of aryl methyl sites for hydroxylation is 2. The van der Waals surface area contributed by atoms with E-state index in [2.05, 4.69) is 62.2 Å². The summed E-state index contributed by atoms with van der Waals surface area (Å²) >= 11 is 2.42. The molecule has 2 aromatic heterocycles. The van der Waals surface area contributed by atoms with Crippen LogP contribution >= 0.6 is 22.7 Å². The molecular weight excluding hydrogens is 1410 g/mol. The zero-order valence-corrected chi connectivity index (χ0v) is 57.5. The molecule has 8 rings (SSSR count). The number of rotatable bonds is 30. The van der Waals surface area contributed by atoms with E-state index in [0.717, 1.165) is 11.3 Å². The minimum atomic E-state index is -5.91. The third-order valence-corrected chi connectivity index (χ3v) is 20.1. The molecule has 0 bridgehead atoms. The van der Waals surface area contributed by atoms with Crippen molar-refractivity contribution in [1.29, 1.82) is 0 Å². The third-order valence-electron chi connectivity index (χ3n) is 15.2. The van der Waals surface area contributed by atoms with Crippen LogP contribution in [0, 0.1) is 13.8 Å². The lowest BCUT2D eigenvalue weighted by Crippen LogP contribution is -2.48. The number of benzene rings is 6. The normalized spacial score (nSPS) is 16.1. The highest BCUT2D eigenvalue weighted by molar-refractivity contribution is 7.87. The molecule has 0 aliphatic rings. The first kappa shape index (κ1) is 81.8. The van der Waals surface area contributed by atoms with Gasteiger partial charge in [-0.25, -0.2) is 35.2 Å². The van der Waals surface area contributed by atoms with E-state index in [1.165, 1.54) is 59.9 Å². The summed E-state index contributed by atoms with van der Waals surface area (Å²) in [5.74, 6) is 0. The third kappa shape index (κ3) is 20.1. The molecule has 38 heteroatoms. The van der Waals surface area contributed by atoms with E-state index in [1.54, 1.807) is 31.2 Å². The number of aliphatic hydroxyl groups excluding tert-OH is 14. The Morgan fingerprint density at radius 2 is 1.03 bits per heavy atom. The second kappa shape index (κ2) is 34.2. The van der Waals surface area contributed by atoms with Crippen LogP contribution in [0.2, 0.25) is 0 Å². The van der Waals surface area contributed by atoms with Gasteiger partial charge in [0.05, 0.1) is 116 Å². The minimum Gasteiger partial charge on any atom is -0.744 e. The van der Waals surface area contributed by atoms with Crippen LogP contribution in [0.15, 0.2) is 138 Å². The molecule has 100 heavy (non-hydrogen) atoms. The van der Waals surface area contributed by atoms with Crippen molar-refractivity contribution in [3.8, 4) is 21.1 Å². The second-order valence-corrected chi connectivity index (χ2v) is 29.5. The highest BCUT2D eigenvalue weighted by Crippen LogP contribution is 2.46. The SMILES string of the molecule is C.CCC(O)C(O)C(O)C(O)CNc1cc([N+](C)(C)C)c(C)cc1N=Nc1ccccc1.Cc1ccc2sc(-c3ccc4nc(-c5ccc(N=Nc6c(NCC(O)C(O)C(O)C(O)CO)c(S(=O)(=O)[O-])cc(S(=O)(=O)[O-])c6NC(O)C(O)C(O)C(O)CO)cc5)sc4c3)nc2c1S(=O)(=O)[O-]. The smallest absolute Gasteiger partial charge is 0.153 e. The van der Waals surface area contributed by atoms with E-state index in [9.17, 15) is 105 Å². The molecule has 8 aromatic rings. The van der Waals surface area contributed by atoms with E-state index < -0.39 is 155 Å². The standard InChI is InChI=1S/C38H42N6O19S5.C23H35N4O4.CH4/c1-15-2-9-23-27(35(15)68(61,62)63)42-38(64-23)17-5-8-19-24(10-17)65-37(40-19)16-3-6-18(7-4-16)43-44-30-28(39-12-20(47)31(50)32(51)21(48)13-45)25(66(55,56)57)11-26(67(58,59)60)29(30)41-36(54)34(53)33(52)22(49)14-46;1-6-20(28)22(30)23(31)21(29)14-24-17-13-19(27(3,4)5)15(2)12-18(17)26-25-16-10-8-7-9-11-16;/h2-11,20-22,31-34,36,39,41,45-54H,12-14H2,1H3,(H,55,56,57)(H,58,59,60)(H,61,62,63);7-13,20-24,28-31H,6,14H2,1-5H3;1H4/q;+1;/p-3. The van der Waals surface area contributed by atoms with E-state index in [0.29, 0.717) is 57.6 Å². The van der Waals surface area contributed by atoms with Crippen LogP contribution in [0.3, 0.4) is 0 Å². The van der Waals surface area contributed by atoms with Crippen LogP contribution in [-0.2, 0) is 30.4 Å². The predicted molar refractivity (Wildman–Crippen MR) is 368 cm³/mol. The van der Waals surface area contributed by atoms with Gasteiger partial charge in [-0.3, -0.25) is 4.48 Å². The van der Waals surface area contributed by atoms with Gasteiger partial charge in [-0.1, -0.05) is 38.6 Å². The molecule has 17 N–H and O–H groups in total. The van der Waals surface area contributed by atoms with E-state index in [4.69, 9.17) is 5.11 Å². The van der Waals surface area contributed by atoms with Crippen LogP contribution in [0.1, 0.15) is 31.9 Å². The Morgan fingerprint density at radius 3 is 1.59 bits per heavy atom. The molecule has 0 radical (unpaired) electrons. The molecule has 546 valence electrons. The van der Waals surface area contributed by atoms with E-state index >= 15 is 0 Å². The maximum atomic E-state index is 12.6. The Bertz CT molecular complexity index is 4530. The molecule has 0 aliphatic heterocycles. The number of hydrogen-bond donors (Lipinski definition) is 17. The van der Waals surface area contributed by atoms with Crippen LogP contribution in [0.25, 0.3) is 41.6 Å². The average molecular weight is 1490 g/mol. The van der Waals surface area contributed by atoms with Crippen molar-refractivity contribution < 1.29 is 110 Å². The monoisotopic (exact) mass is 1490 g/mol. The van der Waals surface area contributed by atoms with Gasteiger partial charge in [-0.05, 0) is 98.6 Å². The Balaban J connectivity index is 0.000000412. The Kier molecular flexibility index (Phi) is 28.0. The van der Waals surface area contributed by atoms with Crippen molar-refractivity contribution in [2.75, 3.05) is 63.4 Å². The Labute approximate surface area is 582 Å². The highest BCUT2D eigenvalue weighted by atomic mass is 32.2. The molecule has 6 aromatic carbocycles. The van der Waals surface area contributed by atoms with Crippen LogP contribution in [0.5, 0.6) is 0 Å². The first-order valence-corrected chi connectivity index (χ1v) is 35.6. The van der Waals surface area contributed by atoms with Crippen molar-refractivity contribution in [1.82, 2.24) is 14.5 Å². The van der Waals surface area contributed by atoms with Gasteiger partial charge in [0.1, 0.15) is 106 Å². The lowest BCUT2D eigenvalue weighted by atomic mass is 10.0. The molecule has 0 amide bonds. The number of aliphatic hydroxyl groups is 14. The fourth-order valence-corrected chi connectivity index (χ4v) is 14.1. The molecule has 0 fully saturated rings. The Hall–Kier alpha value is -7.17. The summed E-state index contributed by atoms with van der Waals surface area (Å²) in [4.78, 5) is 5.55. The van der Waals surface area contributed by atoms with Crippen LogP contribution < -0.4 is 20.4 Å². The molecule has 2 heterocycles. The largest absolute Gasteiger partial charge is 0.744 e.